The zero-order valence-electron chi connectivity index (χ0n) is 10.8. The van der Waals surface area contributed by atoms with Gasteiger partial charge in [0.05, 0.1) is 12.6 Å². The van der Waals surface area contributed by atoms with Gasteiger partial charge in [0.1, 0.15) is 4.83 Å². The first-order valence-corrected chi connectivity index (χ1v) is 6.89. The molecule has 6 heteroatoms. The van der Waals surface area contributed by atoms with Gasteiger partial charge in [0.15, 0.2) is 0 Å². The Morgan fingerprint density at radius 3 is 2.90 bits per heavy atom. The van der Waals surface area contributed by atoms with Crippen molar-refractivity contribution in [2.45, 2.75) is 4.83 Å². The van der Waals surface area contributed by atoms with Gasteiger partial charge in [-0.1, -0.05) is 28.1 Å². The lowest BCUT2D eigenvalue weighted by molar-refractivity contribution is -0.139. The highest BCUT2D eigenvalue weighted by Crippen LogP contribution is 2.16. The third-order valence-corrected chi connectivity index (χ3v) is 3.49. The van der Waals surface area contributed by atoms with Crippen molar-refractivity contribution >= 4 is 38.7 Å². The molecule has 0 saturated heterocycles. The Kier molecular flexibility index (Phi) is 4.68. The van der Waals surface area contributed by atoms with E-state index in [1.54, 1.807) is 24.4 Å². The van der Waals surface area contributed by atoms with Crippen molar-refractivity contribution in [2.75, 3.05) is 13.7 Å². The molecular formula is C14H13BrN2O3. The molecular weight excluding hydrogens is 324 g/mol. The molecule has 0 bridgehead atoms. The lowest BCUT2D eigenvalue weighted by Crippen LogP contribution is -2.34. The molecule has 104 valence electrons. The third-order valence-electron chi connectivity index (χ3n) is 2.79. The minimum atomic E-state index is -0.565. The molecule has 2 rings (SSSR count). The first-order chi connectivity index (χ1) is 9.63. The van der Waals surface area contributed by atoms with Gasteiger partial charge in [0.2, 0.25) is 0 Å². The third kappa shape index (κ3) is 3.14. The molecule has 0 fully saturated rings. The molecule has 20 heavy (non-hydrogen) atoms. The van der Waals surface area contributed by atoms with Gasteiger partial charge in [0.25, 0.3) is 5.91 Å². The standard InChI is InChI=1S/C14H13BrN2O3/c1-20-14(19)11(15)8-17-13(18)10-4-2-6-12-9(10)5-3-7-16-12/h2-7,11H,8H2,1H3,(H,17,18). The maximum Gasteiger partial charge on any atom is 0.321 e. The molecule has 0 aliphatic carbocycles. The zero-order valence-corrected chi connectivity index (χ0v) is 12.4. The summed E-state index contributed by atoms with van der Waals surface area (Å²) in [6.45, 7) is 0.155. The summed E-state index contributed by atoms with van der Waals surface area (Å²) in [4.78, 5) is 27.0. The molecule has 1 N–H and O–H groups in total. The number of halogens is 1. The molecule has 0 aliphatic rings. The Bertz CT molecular complexity index is 640. The molecule has 5 nitrogen and oxygen atoms in total. The zero-order chi connectivity index (χ0) is 14.5. The number of hydrogen-bond acceptors (Lipinski definition) is 4. The number of nitrogens with zero attached hydrogens (tertiary/aromatic N) is 1. The topological polar surface area (TPSA) is 68.3 Å². The van der Waals surface area contributed by atoms with E-state index in [0.29, 0.717) is 5.56 Å². The first kappa shape index (κ1) is 14.5. The van der Waals surface area contributed by atoms with Crippen LogP contribution in [0.25, 0.3) is 10.9 Å². The molecule has 1 heterocycles. The quantitative estimate of drug-likeness (QED) is 0.684. The second-order valence-corrected chi connectivity index (χ2v) is 5.18. The average Bonchev–Trinajstić information content (AvgIpc) is 2.50. The normalized spacial score (nSPS) is 11.9. The second-order valence-electron chi connectivity index (χ2n) is 4.08. The van der Waals surface area contributed by atoms with Gasteiger partial charge in [-0.25, -0.2) is 0 Å². The molecule has 0 saturated carbocycles. The van der Waals surface area contributed by atoms with Crippen molar-refractivity contribution in [1.29, 1.82) is 0 Å². The van der Waals surface area contributed by atoms with Crippen LogP contribution in [0.1, 0.15) is 10.4 Å². The molecule has 1 aromatic carbocycles. The molecule has 0 spiro atoms. The molecule has 1 unspecified atom stereocenters. The highest BCUT2D eigenvalue weighted by Gasteiger charge is 2.17. The number of rotatable bonds is 4. The summed E-state index contributed by atoms with van der Waals surface area (Å²) in [6, 6.07) is 8.95. The summed E-state index contributed by atoms with van der Waals surface area (Å²) in [5.74, 6) is -0.679. The van der Waals surface area contributed by atoms with Crippen LogP contribution in [0, 0.1) is 0 Å². The fourth-order valence-corrected chi connectivity index (χ4v) is 2.14. The number of methoxy groups -OCH3 is 1. The number of ether oxygens (including phenoxy) is 1. The van der Waals surface area contributed by atoms with Gasteiger partial charge >= 0.3 is 5.97 Å². The van der Waals surface area contributed by atoms with E-state index < -0.39 is 10.8 Å². The molecule has 1 aromatic heterocycles. The molecule has 1 amide bonds. The van der Waals surface area contributed by atoms with Gasteiger partial charge in [-0.15, -0.1) is 0 Å². The van der Waals surface area contributed by atoms with E-state index in [0.717, 1.165) is 10.9 Å². The van der Waals surface area contributed by atoms with E-state index in [1.807, 2.05) is 12.1 Å². The Morgan fingerprint density at radius 2 is 2.15 bits per heavy atom. The number of alkyl halides is 1. The SMILES string of the molecule is COC(=O)C(Br)CNC(=O)c1cccc2ncccc12. The van der Waals surface area contributed by atoms with Gasteiger partial charge in [-0.2, -0.15) is 0 Å². The Labute approximate surface area is 124 Å². The number of amides is 1. The van der Waals surface area contributed by atoms with Crippen LogP contribution in [0.5, 0.6) is 0 Å². The van der Waals surface area contributed by atoms with Crippen LogP contribution in [0.15, 0.2) is 36.5 Å². The van der Waals surface area contributed by atoms with E-state index in [2.05, 4.69) is 31.0 Å². The highest BCUT2D eigenvalue weighted by molar-refractivity contribution is 9.10. The van der Waals surface area contributed by atoms with Gasteiger partial charge in [-0.05, 0) is 18.2 Å². The summed E-state index contributed by atoms with van der Waals surface area (Å²) in [7, 11) is 1.30. The van der Waals surface area contributed by atoms with Gasteiger partial charge in [0, 0.05) is 23.7 Å². The number of aromatic nitrogens is 1. The summed E-state index contributed by atoms with van der Waals surface area (Å²) in [6.07, 6.45) is 1.68. The second kappa shape index (κ2) is 6.47. The average molecular weight is 337 g/mol. The number of nitrogens with one attached hydrogen (secondary N) is 1. The first-order valence-electron chi connectivity index (χ1n) is 5.97. The molecule has 2 aromatic rings. The summed E-state index contributed by atoms with van der Waals surface area (Å²) in [5.41, 5.74) is 1.28. The number of pyridine rings is 1. The highest BCUT2D eigenvalue weighted by atomic mass is 79.9. The number of fused-ring (bicyclic) bond motifs is 1. The predicted molar refractivity (Wildman–Crippen MR) is 78.8 cm³/mol. The summed E-state index contributed by atoms with van der Waals surface area (Å²) in [5, 5.41) is 3.47. The van der Waals surface area contributed by atoms with Gasteiger partial charge in [-0.3, -0.25) is 14.6 Å². The fraction of sp³-hybridized carbons (Fsp3) is 0.214. The van der Waals surface area contributed by atoms with E-state index in [-0.39, 0.29) is 12.5 Å². The van der Waals surface area contributed by atoms with E-state index >= 15 is 0 Å². The van der Waals surface area contributed by atoms with E-state index in [9.17, 15) is 9.59 Å². The van der Waals surface area contributed by atoms with Crippen LogP contribution in [0.4, 0.5) is 0 Å². The van der Waals surface area contributed by atoms with Crippen molar-refractivity contribution in [3.8, 4) is 0 Å². The minimum absolute atomic E-state index is 0.155. The van der Waals surface area contributed by atoms with Crippen LogP contribution in [0.3, 0.4) is 0 Å². The Morgan fingerprint density at radius 1 is 1.35 bits per heavy atom. The summed E-state index contributed by atoms with van der Waals surface area (Å²) >= 11 is 3.15. The van der Waals surface area contributed by atoms with Crippen molar-refractivity contribution in [3.63, 3.8) is 0 Å². The monoisotopic (exact) mass is 336 g/mol. The number of carbonyl (C=O) groups is 2. The van der Waals surface area contributed by atoms with Crippen LogP contribution >= 0.6 is 15.9 Å². The molecule has 0 radical (unpaired) electrons. The minimum Gasteiger partial charge on any atom is -0.468 e. The summed E-state index contributed by atoms with van der Waals surface area (Å²) < 4.78 is 4.57. The van der Waals surface area contributed by atoms with Crippen molar-refractivity contribution in [1.82, 2.24) is 10.3 Å². The van der Waals surface area contributed by atoms with Crippen molar-refractivity contribution in [2.24, 2.45) is 0 Å². The smallest absolute Gasteiger partial charge is 0.321 e. The van der Waals surface area contributed by atoms with Crippen LogP contribution in [-0.4, -0.2) is 35.3 Å². The molecule has 0 aliphatic heterocycles. The number of esters is 1. The maximum atomic E-state index is 12.2. The number of hydrogen-bond donors (Lipinski definition) is 1. The van der Waals surface area contributed by atoms with E-state index in [1.165, 1.54) is 7.11 Å². The van der Waals surface area contributed by atoms with Crippen molar-refractivity contribution < 1.29 is 14.3 Å². The largest absolute Gasteiger partial charge is 0.468 e. The lowest BCUT2D eigenvalue weighted by Gasteiger charge is -2.10. The fourth-order valence-electron chi connectivity index (χ4n) is 1.79. The Hall–Kier alpha value is -1.95. The van der Waals surface area contributed by atoms with Crippen LogP contribution in [-0.2, 0) is 9.53 Å². The molecule has 1 atom stereocenters. The predicted octanol–water partition coefficient (Wildman–Crippen LogP) is 1.90. The number of benzene rings is 1. The lowest BCUT2D eigenvalue weighted by atomic mass is 10.1. The number of carbonyl (C=O) groups excluding carboxylic acids is 2. The van der Waals surface area contributed by atoms with Crippen LogP contribution < -0.4 is 5.32 Å². The van der Waals surface area contributed by atoms with Crippen LogP contribution in [0.2, 0.25) is 0 Å². The maximum absolute atomic E-state index is 12.2. The van der Waals surface area contributed by atoms with E-state index in [4.69, 9.17) is 0 Å². The van der Waals surface area contributed by atoms with Gasteiger partial charge < -0.3 is 10.1 Å². The Balaban J connectivity index is 2.14. The van der Waals surface area contributed by atoms with Crippen molar-refractivity contribution in [3.05, 3.63) is 42.1 Å².